The van der Waals surface area contributed by atoms with Crippen LogP contribution in [0.1, 0.15) is 29.9 Å². The van der Waals surface area contributed by atoms with Crippen LogP contribution in [0.2, 0.25) is 0 Å². The number of nitrogens with two attached hydrogens (primary N) is 1. The van der Waals surface area contributed by atoms with Crippen molar-refractivity contribution in [2.45, 2.75) is 20.3 Å². The van der Waals surface area contributed by atoms with Crippen molar-refractivity contribution >= 4 is 28.0 Å². The molecule has 0 aliphatic carbocycles. The van der Waals surface area contributed by atoms with Crippen LogP contribution in [0.4, 0.5) is 10.7 Å². The summed E-state index contributed by atoms with van der Waals surface area (Å²) in [6.45, 7) is 6.56. The van der Waals surface area contributed by atoms with Gasteiger partial charge in [-0.1, -0.05) is 13.8 Å². The number of nitrogens with one attached hydrogen (secondary N) is 1. The maximum absolute atomic E-state index is 11.4. The zero-order chi connectivity index (χ0) is 14.3. The largest absolute Gasteiger partial charge is 0.465 e. The zero-order valence-corrected chi connectivity index (χ0v) is 12.5. The molecule has 0 aliphatic heterocycles. The highest BCUT2D eigenvalue weighted by atomic mass is 32.1. The molecule has 0 aromatic carbocycles. The van der Waals surface area contributed by atoms with Gasteiger partial charge in [0.25, 0.3) is 0 Å². The number of esters is 1. The topological polar surface area (TPSA) is 73.6 Å². The van der Waals surface area contributed by atoms with Gasteiger partial charge in [0, 0.05) is 19.8 Å². The van der Waals surface area contributed by atoms with Crippen LogP contribution in [0.5, 0.6) is 0 Å². The molecule has 0 amide bonds. The summed E-state index contributed by atoms with van der Waals surface area (Å²) < 4.78 is 10.1. The average molecular weight is 286 g/mol. The van der Waals surface area contributed by atoms with Crippen LogP contribution >= 0.6 is 11.3 Å². The van der Waals surface area contributed by atoms with Gasteiger partial charge in [-0.25, -0.2) is 4.79 Å². The van der Waals surface area contributed by atoms with E-state index in [0.717, 1.165) is 31.2 Å². The number of anilines is 2. The first kappa shape index (κ1) is 15.8. The number of rotatable bonds is 8. The van der Waals surface area contributed by atoms with E-state index in [-0.39, 0.29) is 0 Å². The highest BCUT2D eigenvalue weighted by molar-refractivity contribution is 7.18. The number of hydrogen-bond donors (Lipinski definition) is 2. The molecule has 19 heavy (non-hydrogen) atoms. The SMILES string of the molecule is COC(=O)c1sc(NCCCOCC(C)C)cc1N. The third-order valence-electron chi connectivity index (χ3n) is 2.35. The minimum absolute atomic E-state index is 0.393. The molecule has 0 saturated carbocycles. The maximum Gasteiger partial charge on any atom is 0.350 e. The standard InChI is InChI=1S/C13H22N2O3S/c1-9(2)8-18-6-4-5-15-11-7-10(14)12(19-11)13(16)17-3/h7,9,15H,4-6,8,14H2,1-3H3. The molecule has 1 aromatic heterocycles. The van der Waals surface area contributed by atoms with Gasteiger partial charge in [0.2, 0.25) is 0 Å². The highest BCUT2D eigenvalue weighted by Gasteiger charge is 2.14. The molecule has 108 valence electrons. The normalized spacial score (nSPS) is 10.7. The molecular formula is C13H22N2O3S. The Morgan fingerprint density at radius 1 is 1.53 bits per heavy atom. The smallest absolute Gasteiger partial charge is 0.350 e. The molecule has 1 heterocycles. The Bertz CT molecular complexity index is 405. The van der Waals surface area contributed by atoms with E-state index in [1.807, 2.05) is 0 Å². The van der Waals surface area contributed by atoms with Gasteiger partial charge in [0.1, 0.15) is 4.88 Å². The molecule has 0 saturated heterocycles. The van der Waals surface area contributed by atoms with E-state index in [4.69, 9.17) is 10.5 Å². The lowest BCUT2D eigenvalue weighted by Crippen LogP contribution is -2.07. The van der Waals surface area contributed by atoms with E-state index in [0.29, 0.717) is 16.5 Å². The third-order valence-corrected chi connectivity index (χ3v) is 3.44. The van der Waals surface area contributed by atoms with Crippen molar-refractivity contribution in [3.63, 3.8) is 0 Å². The van der Waals surface area contributed by atoms with Gasteiger partial charge in [-0.2, -0.15) is 0 Å². The van der Waals surface area contributed by atoms with E-state index >= 15 is 0 Å². The van der Waals surface area contributed by atoms with Crippen LogP contribution in [0, 0.1) is 5.92 Å². The van der Waals surface area contributed by atoms with Crippen LogP contribution in [-0.4, -0.2) is 32.8 Å². The van der Waals surface area contributed by atoms with Crippen molar-refractivity contribution < 1.29 is 14.3 Å². The second-order valence-electron chi connectivity index (χ2n) is 4.64. The number of nitrogen functional groups attached to an aromatic ring is 1. The second-order valence-corrected chi connectivity index (χ2v) is 5.69. The average Bonchev–Trinajstić information content (AvgIpc) is 2.73. The number of ether oxygens (including phenoxy) is 2. The summed E-state index contributed by atoms with van der Waals surface area (Å²) in [6, 6.07) is 1.76. The molecule has 0 atom stereocenters. The lowest BCUT2D eigenvalue weighted by molar-refractivity contribution is 0.0607. The zero-order valence-electron chi connectivity index (χ0n) is 11.7. The van der Waals surface area contributed by atoms with E-state index in [1.165, 1.54) is 18.4 Å². The Morgan fingerprint density at radius 3 is 2.89 bits per heavy atom. The van der Waals surface area contributed by atoms with Gasteiger partial charge in [-0.3, -0.25) is 0 Å². The Morgan fingerprint density at radius 2 is 2.26 bits per heavy atom. The summed E-state index contributed by atoms with van der Waals surface area (Å²) >= 11 is 1.31. The predicted molar refractivity (Wildman–Crippen MR) is 78.8 cm³/mol. The number of carbonyl (C=O) groups is 1. The Labute approximate surface area is 118 Å². The number of hydrogen-bond acceptors (Lipinski definition) is 6. The van der Waals surface area contributed by atoms with Crippen LogP contribution in [0.3, 0.4) is 0 Å². The van der Waals surface area contributed by atoms with Crippen LogP contribution < -0.4 is 11.1 Å². The van der Waals surface area contributed by atoms with Crippen molar-refractivity contribution in [1.29, 1.82) is 0 Å². The molecule has 0 spiro atoms. The molecule has 0 bridgehead atoms. The van der Waals surface area contributed by atoms with Gasteiger partial charge < -0.3 is 20.5 Å². The summed E-state index contributed by atoms with van der Waals surface area (Å²) in [7, 11) is 1.35. The fourth-order valence-electron chi connectivity index (χ4n) is 1.45. The summed E-state index contributed by atoms with van der Waals surface area (Å²) in [4.78, 5) is 11.8. The molecule has 1 rings (SSSR count). The quantitative estimate of drug-likeness (QED) is 0.567. The number of methoxy groups -OCH3 is 1. The minimum Gasteiger partial charge on any atom is -0.465 e. The van der Waals surface area contributed by atoms with Crippen LogP contribution in [-0.2, 0) is 9.47 Å². The molecule has 0 aliphatic rings. The fraction of sp³-hybridized carbons (Fsp3) is 0.615. The minimum atomic E-state index is -0.393. The molecule has 1 aromatic rings. The van der Waals surface area contributed by atoms with Crippen molar-refractivity contribution in [3.8, 4) is 0 Å². The molecule has 5 nitrogen and oxygen atoms in total. The summed E-state index contributed by atoms with van der Waals surface area (Å²) in [5, 5.41) is 4.10. The monoisotopic (exact) mass is 286 g/mol. The van der Waals surface area contributed by atoms with Crippen molar-refractivity contribution in [2.75, 3.05) is 37.9 Å². The van der Waals surface area contributed by atoms with Crippen molar-refractivity contribution in [2.24, 2.45) is 5.92 Å². The molecule has 3 N–H and O–H groups in total. The van der Waals surface area contributed by atoms with Gasteiger partial charge in [0.15, 0.2) is 0 Å². The Balaban J connectivity index is 2.28. The molecular weight excluding hydrogens is 264 g/mol. The lowest BCUT2D eigenvalue weighted by Gasteiger charge is -2.07. The van der Waals surface area contributed by atoms with Gasteiger partial charge in [-0.15, -0.1) is 11.3 Å². The molecule has 0 unspecified atom stereocenters. The molecule has 0 fully saturated rings. The predicted octanol–water partition coefficient (Wildman–Crippen LogP) is 2.59. The Kier molecular flexibility index (Phi) is 6.66. The lowest BCUT2D eigenvalue weighted by atomic mass is 10.2. The van der Waals surface area contributed by atoms with Crippen LogP contribution in [0.25, 0.3) is 0 Å². The third kappa shape index (κ3) is 5.48. The summed E-state index contributed by atoms with van der Waals surface area (Å²) in [5.41, 5.74) is 6.20. The first-order valence-corrected chi connectivity index (χ1v) is 7.15. The molecule has 6 heteroatoms. The van der Waals surface area contributed by atoms with Crippen LogP contribution in [0.15, 0.2) is 6.07 Å². The van der Waals surface area contributed by atoms with Gasteiger partial charge in [0.05, 0.1) is 17.8 Å². The van der Waals surface area contributed by atoms with E-state index in [1.54, 1.807) is 6.07 Å². The maximum atomic E-state index is 11.4. The molecule has 0 radical (unpaired) electrons. The second kappa shape index (κ2) is 8.01. The summed E-state index contributed by atoms with van der Waals surface area (Å²) in [6.07, 6.45) is 0.915. The number of thiophene rings is 1. The van der Waals surface area contributed by atoms with E-state index in [2.05, 4.69) is 23.9 Å². The van der Waals surface area contributed by atoms with Gasteiger partial charge in [-0.05, 0) is 18.4 Å². The van der Waals surface area contributed by atoms with Crippen molar-refractivity contribution in [3.05, 3.63) is 10.9 Å². The number of carbonyl (C=O) groups excluding carboxylic acids is 1. The van der Waals surface area contributed by atoms with Crippen molar-refractivity contribution in [1.82, 2.24) is 0 Å². The first-order valence-electron chi connectivity index (χ1n) is 6.33. The fourth-order valence-corrected chi connectivity index (χ4v) is 2.37. The summed E-state index contributed by atoms with van der Waals surface area (Å²) in [5.74, 6) is 0.170. The highest BCUT2D eigenvalue weighted by Crippen LogP contribution is 2.29. The Hall–Kier alpha value is -1.27. The van der Waals surface area contributed by atoms with Gasteiger partial charge >= 0.3 is 5.97 Å². The first-order chi connectivity index (χ1) is 9.04. The van der Waals surface area contributed by atoms with E-state index < -0.39 is 5.97 Å². The van der Waals surface area contributed by atoms with E-state index in [9.17, 15) is 4.79 Å².